The summed E-state index contributed by atoms with van der Waals surface area (Å²) in [5, 5.41) is 10.9. The first-order chi connectivity index (χ1) is 12.1. The summed E-state index contributed by atoms with van der Waals surface area (Å²) in [5.74, 6) is 0.446. The normalized spacial score (nSPS) is 10.7. The average molecular weight is 358 g/mol. The number of carbonyl (C=O) groups is 1. The Morgan fingerprint density at radius 3 is 2.88 bits per heavy atom. The Morgan fingerprint density at radius 2 is 2.24 bits per heavy atom. The van der Waals surface area contributed by atoms with Crippen molar-refractivity contribution < 1.29 is 9.53 Å². The second-order valence-electron chi connectivity index (χ2n) is 5.33. The summed E-state index contributed by atoms with van der Waals surface area (Å²) in [7, 11) is 1.85. The third-order valence-electron chi connectivity index (χ3n) is 3.57. The summed E-state index contributed by atoms with van der Waals surface area (Å²) in [4.78, 5) is 12.9. The van der Waals surface area contributed by atoms with E-state index < -0.39 is 0 Å². The molecule has 8 nitrogen and oxygen atoms in total. The topological polar surface area (TPSA) is 108 Å². The summed E-state index contributed by atoms with van der Waals surface area (Å²) < 4.78 is 11.3. The van der Waals surface area contributed by atoms with Crippen molar-refractivity contribution in [3.05, 3.63) is 41.0 Å². The number of rotatable bonds is 6. The molecule has 0 spiro atoms. The molecule has 1 aromatic carbocycles. The number of benzene rings is 1. The molecule has 0 saturated heterocycles. The molecule has 0 radical (unpaired) electrons. The Kier molecular flexibility index (Phi) is 5.05. The molecular weight excluding hydrogens is 340 g/mol. The van der Waals surface area contributed by atoms with E-state index in [0.717, 1.165) is 22.8 Å². The van der Waals surface area contributed by atoms with Crippen LogP contribution in [0, 0.1) is 6.92 Å². The lowest BCUT2D eigenvalue weighted by Crippen LogP contribution is -2.13. The molecule has 0 fully saturated rings. The maximum atomic E-state index is 12.4. The Bertz CT molecular complexity index is 888. The maximum absolute atomic E-state index is 12.4. The van der Waals surface area contributed by atoms with E-state index in [4.69, 9.17) is 10.5 Å². The monoisotopic (exact) mass is 358 g/mol. The van der Waals surface area contributed by atoms with Gasteiger partial charge in [-0.25, -0.2) is 0 Å². The second kappa shape index (κ2) is 7.41. The molecule has 0 bridgehead atoms. The van der Waals surface area contributed by atoms with Gasteiger partial charge in [0.2, 0.25) is 0 Å². The van der Waals surface area contributed by atoms with E-state index in [-0.39, 0.29) is 5.91 Å². The summed E-state index contributed by atoms with van der Waals surface area (Å²) in [6, 6.07) is 7.33. The van der Waals surface area contributed by atoms with Gasteiger partial charge in [0.1, 0.15) is 17.2 Å². The average Bonchev–Trinajstić information content (AvgIpc) is 3.21. The van der Waals surface area contributed by atoms with Crippen LogP contribution in [0.15, 0.2) is 30.5 Å². The minimum Gasteiger partial charge on any atom is -0.492 e. The molecule has 9 heteroatoms. The lowest BCUT2D eigenvalue weighted by molar-refractivity contribution is 0.103. The van der Waals surface area contributed by atoms with E-state index in [2.05, 4.69) is 20.0 Å². The van der Waals surface area contributed by atoms with Crippen LogP contribution in [0.1, 0.15) is 15.4 Å². The van der Waals surface area contributed by atoms with Crippen LogP contribution < -0.4 is 15.8 Å². The zero-order chi connectivity index (χ0) is 17.8. The van der Waals surface area contributed by atoms with Gasteiger partial charge in [0, 0.05) is 31.0 Å². The summed E-state index contributed by atoms with van der Waals surface area (Å²) in [6.07, 6.45) is 1.71. The van der Waals surface area contributed by atoms with Crippen molar-refractivity contribution in [1.29, 1.82) is 0 Å². The van der Waals surface area contributed by atoms with E-state index >= 15 is 0 Å². The number of carbonyl (C=O) groups excluding carboxylic acids is 1. The highest BCUT2D eigenvalue weighted by molar-refractivity contribution is 7.08. The predicted octanol–water partition coefficient (Wildman–Crippen LogP) is 1.84. The quantitative estimate of drug-likeness (QED) is 0.696. The second-order valence-corrected chi connectivity index (χ2v) is 6.08. The molecule has 0 aliphatic heterocycles. The van der Waals surface area contributed by atoms with E-state index in [9.17, 15) is 4.79 Å². The highest BCUT2D eigenvalue weighted by atomic mass is 32.1. The molecule has 0 unspecified atom stereocenters. The Balaban J connectivity index is 1.92. The molecule has 0 aliphatic carbocycles. The smallest absolute Gasteiger partial charge is 0.269 e. The molecule has 1 amide bonds. The highest BCUT2D eigenvalue weighted by Gasteiger charge is 2.16. The van der Waals surface area contributed by atoms with Gasteiger partial charge < -0.3 is 15.8 Å². The van der Waals surface area contributed by atoms with Gasteiger partial charge in [-0.1, -0.05) is 4.49 Å². The number of anilines is 1. The van der Waals surface area contributed by atoms with E-state index in [1.165, 1.54) is 0 Å². The molecule has 0 aliphatic rings. The number of hydrogen-bond donors (Lipinski definition) is 2. The van der Waals surface area contributed by atoms with Gasteiger partial charge in [0.05, 0.1) is 11.4 Å². The van der Waals surface area contributed by atoms with Gasteiger partial charge in [-0.15, -0.1) is 5.10 Å². The number of aryl methyl sites for hydroxylation is 2. The Hall–Kier alpha value is -2.78. The number of nitrogens with two attached hydrogens (primary N) is 1. The maximum Gasteiger partial charge on any atom is 0.269 e. The van der Waals surface area contributed by atoms with E-state index in [0.29, 0.717) is 35.2 Å². The Morgan fingerprint density at radius 1 is 1.40 bits per heavy atom. The molecule has 2 heterocycles. The van der Waals surface area contributed by atoms with Crippen LogP contribution in [0.4, 0.5) is 5.69 Å². The van der Waals surface area contributed by atoms with Crippen LogP contribution in [0.3, 0.4) is 0 Å². The number of aromatic nitrogens is 4. The lowest BCUT2D eigenvalue weighted by Gasteiger charge is -2.13. The van der Waals surface area contributed by atoms with Gasteiger partial charge in [-0.2, -0.15) is 5.10 Å². The first-order valence-corrected chi connectivity index (χ1v) is 8.43. The molecule has 3 rings (SSSR count). The number of hydrogen-bond acceptors (Lipinski definition) is 7. The fraction of sp³-hybridized carbons (Fsp3) is 0.250. The van der Waals surface area contributed by atoms with Crippen molar-refractivity contribution in [1.82, 2.24) is 19.4 Å². The third kappa shape index (κ3) is 3.67. The van der Waals surface area contributed by atoms with Gasteiger partial charge >= 0.3 is 0 Å². The minimum absolute atomic E-state index is 0.237. The zero-order valence-corrected chi connectivity index (χ0v) is 14.7. The number of ether oxygens (including phenoxy) is 1. The van der Waals surface area contributed by atoms with Crippen LogP contribution in [0.5, 0.6) is 5.75 Å². The van der Waals surface area contributed by atoms with Gasteiger partial charge in [0.25, 0.3) is 5.91 Å². The molecule has 130 valence electrons. The molecule has 2 aromatic heterocycles. The zero-order valence-electron chi connectivity index (χ0n) is 13.9. The molecule has 25 heavy (non-hydrogen) atoms. The standard InChI is InChI=1S/C16H18N6O2S/c1-10-15(25-21-20-10)16(23)19-11-3-4-14(24-8-6-17)12(9-11)13-5-7-18-22(13)2/h3-5,7,9H,6,8,17H2,1-2H3,(H,19,23). The summed E-state index contributed by atoms with van der Waals surface area (Å²) >= 11 is 1.07. The summed E-state index contributed by atoms with van der Waals surface area (Å²) in [5.41, 5.74) is 8.48. The van der Waals surface area contributed by atoms with E-state index in [1.54, 1.807) is 23.9 Å². The van der Waals surface area contributed by atoms with Crippen LogP contribution in [-0.2, 0) is 7.05 Å². The summed E-state index contributed by atoms with van der Waals surface area (Å²) in [6.45, 7) is 2.58. The predicted molar refractivity (Wildman–Crippen MR) is 95.8 cm³/mol. The van der Waals surface area contributed by atoms with Crippen molar-refractivity contribution >= 4 is 23.1 Å². The van der Waals surface area contributed by atoms with Gasteiger partial charge in [0.15, 0.2) is 0 Å². The van der Waals surface area contributed by atoms with Crippen molar-refractivity contribution in [3.63, 3.8) is 0 Å². The lowest BCUT2D eigenvalue weighted by atomic mass is 10.1. The number of amides is 1. The van der Waals surface area contributed by atoms with Crippen molar-refractivity contribution in [3.8, 4) is 17.0 Å². The Labute approximate surface area is 148 Å². The SMILES string of the molecule is Cc1nnsc1C(=O)Nc1ccc(OCCN)c(-c2ccnn2C)c1. The van der Waals surface area contributed by atoms with Crippen molar-refractivity contribution in [2.75, 3.05) is 18.5 Å². The van der Waals surface area contributed by atoms with Crippen molar-refractivity contribution in [2.24, 2.45) is 12.8 Å². The number of nitrogens with zero attached hydrogens (tertiary/aromatic N) is 4. The van der Waals surface area contributed by atoms with Crippen molar-refractivity contribution in [2.45, 2.75) is 6.92 Å². The minimum atomic E-state index is -0.237. The van der Waals surface area contributed by atoms with E-state index in [1.807, 2.05) is 25.2 Å². The van der Waals surface area contributed by atoms with Crippen LogP contribution in [-0.4, -0.2) is 38.4 Å². The first kappa shape index (κ1) is 17.1. The molecule has 0 saturated carbocycles. The molecular formula is C16H18N6O2S. The fourth-order valence-electron chi connectivity index (χ4n) is 2.37. The van der Waals surface area contributed by atoms with Gasteiger partial charge in [-0.3, -0.25) is 9.48 Å². The molecule has 0 atom stereocenters. The van der Waals surface area contributed by atoms with Crippen LogP contribution in [0.25, 0.3) is 11.3 Å². The van der Waals surface area contributed by atoms with Gasteiger partial charge in [-0.05, 0) is 42.7 Å². The third-order valence-corrected chi connectivity index (χ3v) is 4.39. The fourth-order valence-corrected chi connectivity index (χ4v) is 2.92. The first-order valence-electron chi connectivity index (χ1n) is 7.65. The molecule has 3 aromatic rings. The largest absolute Gasteiger partial charge is 0.492 e. The van der Waals surface area contributed by atoms with Crippen LogP contribution >= 0.6 is 11.5 Å². The highest BCUT2D eigenvalue weighted by Crippen LogP contribution is 2.32. The molecule has 3 N–H and O–H groups in total. The number of nitrogens with one attached hydrogen (secondary N) is 1. The van der Waals surface area contributed by atoms with Crippen LogP contribution in [0.2, 0.25) is 0 Å².